The number of nitrogens with one attached hydrogen (secondary N) is 1. The minimum atomic E-state index is -0.175. The van der Waals surface area contributed by atoms with E-state index in [2.05, 4.69) is 10.3 Å². The van der Waals surface area contributed by atoms with Crippen molar-refractivity contribution in [2.45, 2.75) is 19.8 Å². The maximum atomic E-state index is 13.0. The van der Waals surface area contributed by atoms with E-state index in [9.17, 15) is 9.59 Å². The number of amides is 2. The summed E-state index contributed by atoms with van der Waals surface area (Å²) in [6.07, 6.45) is 1.62. The van der Waals surface area contributed by atoms with Crippen LogP contribution in [0.4, 0.5) is 0 Å². The topological polar surface area (TPSA) is 88.3 Å². The lowest BCUT2D eigenvalue weighted by Crippen LogP contribution is -2.46. The average molecular weight is 366 g/mol. The lowest BCUT2D eigenvalue weighted by Gasteiger charge is -2.32. The van der Waals surface area contributed by atoms with E-state index >= 15 is 0 Å². The number of hydrogen-bond acceptors (Lipinski definition) is 4. The number of nitrogens with zero attached hydrogens (tertiary/aromatic N) is 2. The number of pyridine rings is 1. The zero-order chi connectivity index (χ0) is 19.2. The van der Waals surface area contributed by atoms with Gasteiger partial charge < -0.3 is 16.0 Å². The fourth-order valence-electron chi connectivity index (χ4n) is 3.44. The molecule has 1 unspecified atom stereocenters. The quantitative estimate of drug-likeness (QED) is 0.847. The molecule has 0 bridgehead atoms. The van der Waals surface area contributed by atoms with Crippen molar-refractivity contribution < 1.29 is 9.59 Å². The van der Waals surface area contributed by atoms with Crippen LogP contribution in [-0.4, -0.2) is 47.9 Å². The summed E-state index contributed by atoms with van der Waals surface area (Å²) in [4.78, 5) is 31.6. The zero-order valence-electron chi connectivity index (χ0n) is 15.6. The number of carbonyl (C=O) groups is 2. The molecular weight excluding hydrogens is 340 g/mol. The molecule has 1 aromatic carbocycles. The molecule has 2 aromatic rings. The number of carbonyl (C=O) groups excluding carboxylic acids is 2. The maximum Gasteiger partial charge on any atom is 0.255 e. The Labute approximate surface area is 159 Å². The Morgan fingerprint density at radius 1 is 1.22 bits per heavy atom. The summed E-state index contributed by atoms with van der Waals surface area (Å²) >= 11 is 0. The van der Waals surface area contributed by atoms with Crippen molar-refractivity contribution in [3.8, 4) is 11.3 Å². The molecule has 142 valence electrons. The number of piperidine rings is 1. The Hall–Kier alpha value is -2.73. The van der Waals surface area contributed by atoms with Crippen LogP contribution in [0.2, 0.25) is 0 Å². The summed E-state index contributed by atoms with van der Waals surface area (Å²) in [6, 6.07) is 13.6. The molecule has 6 nitrogen and oxygen atoms in total. The van der Waals surface area contributed by atoms with Gasteiger partial charge in [0, 0.05) is 31.7 Å². The summed E-state index contributed by atoms with van der Waals surface area (Å²) in [5.41, 5.74) is 8.61. The number of nitrogens with two attached hydrogens (primary N) is 1. The van der Waals surface area contributed by atoms with E-state index in [0.717, 1.165) is 24.1 Å². The number of hydrogen-bond donors (Lipinski definition) is 2. The molecule has 1 aliphatic rings. The number of aryl methyl sites for hydroxylation is 1. The van der Waals surface area contributed by atoms with Crippen molar-refractivity contribution >= 4 is 11.8 Å². The minimum Gasteiger partial charge on any atom is -0.355 e. The van der Waals surface area contributed by atoms with E-state index in [-0.39, 0.29) is 17.7 Å². The molecule has 27 heavy (non-hydrogen) atoms. The van der Waals surface area contributed by atoms with Crippen molar-refractivity contribution in [1.82, 2.24) is 15.2 Å². The molecule has 1 atom stereocenters. The summed E-state index contributed by atoms with van der Waals surface area (Å²) in [6.45, 7) is 3.84. The van der Waals surface area contributed by atoms with Crippen molar-refractivity contribution in [2.75, 3.05) is 26.2 Å². The van der Waals surface area contributed by atoms with E-state index in [1.165, 1.54) is 0 Å². The fraction of sp³-hybridized carbons (Fsp3) is 0.381. The van der Waals surface area contributed by atoms with Crippen molar-refractivity contribution in [2.24, 2.45) is 11.7 Å². The normalized spacial score (nSPS) is 16.8. The predicted octanol–water partition coefficient (Wildman–Crippen LogP) is 1.98. The largest absolute Gasteiger partial charge is 0.355 e. The first-order valence-corrected chi connectivity index (χ1v) is 9.40. The Morgan fingerprint density at radius 2 is 2.00 bits per heavy atom. The van der Waals surface area contributed by atoms with Gasteiger partial charge in [-0.25, -0.2) is 0 Å². The smallest absolute Gasteiger partial charge is 0.255 e. The summed E-state index contributed by atoms with van der Waals surface area (Å²) in [5.74, 6) is -0.255. The standard InChI is InChI=1S/C21H26N4O2/c1-15-18(9-10-19(24-15)16-6-3-2-4-7-16)21(27)25-13-5-8-17(14-25)20(26)23-12-11-22/h2-4,6-7,9-10,17H,5,8,11-14,22H2,1H3,(H,23,26). The molecule has 1 fully saturated rings. The second-order valence-corrected chi connectivity index (χ2v) is 6.87. The van der Waals surface area contributed by atoms with Gasteiger partial charge in [-0.3, -0.25) is 14.6 Å². The van der Waals surface area contributed by atoms with Gasteiger partial charge in [0.2, 0.25) is 5.91 Å². The van der Waals surface area contributed by atoms with Gasteiger partial charge in [-0.1, -0.05) is 30.3 Å². The number of rotatable bonds is 5. The van der Waals surface area contributed by atoms with Gasteiger partial charge >= 0.3 is 0 Å². The van der Waals surface area contributed by atoms with Crippen LogP contribution in [0.3, 0.4) is 0 Å². The van der Waals surface area contributed by atoms with Gasteiger partial charge in [0.05, 0.1) is 22.9 Å². The van der Waals surface area contributed by atoms with Gasteiger partial charge in [-0.2, -0.15) is 0 Å². The number of aromatic nitrogens is 1. The van der Waals surface area contributed by atoms with Gasteiger partial charge in [-0.05, 0) is 31.9 Å². The highest BCUT2D eigenvalue weighted by molar-refractivity contribution is 5.96. The van der Waals surface area contributed by atoms with Crippen molar-refractivity contribution in [3.63, 3.8) is 0 Å². The molecule has 1 saturated heterocycles. The fourth-order valence-corrected chi connectivity index (χ4v) is 3.44. The minimum absolute atomic E-state index is 0.0211. The molecule has 0 spiro atoms. The van der Waals surface area contributed by atoms with Gasteiger partial charge in [-0.15, -0.1) is 0 Å². The van der Waals surface area contributed by atoms with Crippen LogP contribution in [-0.2, 0) is 4.79 Å². The summed E-state index contributed by atoms with van der Waals surface area (Å²) < 4.78 is 0. The predicted molar refractivity (Wildman–Crippen MR) is 105 cm³/mol. The lowest BCUT2D eigenvalue weighted by molar-refractivity contribution is -0.126. The van der Waals surface area contributed by atoms with E-state index in [4.69, 9.17) is 5.73 Å². The Balaban J connectivity index is 1.72. The number of likely N-dealkylation sites (tertiary alicyclic amines) is 1. The maximum absolute atomic E-state index is 13.0. The SMILES string of the molecule is Cc1nc(-c2ccccc2)ccc1C(=O)N1CCCC(C(=O)NCCN)C1. The van der Waals surface area contributed by atoms with Crippen LogP contribution < -0.4 is 11.1 Å². The monoisotopic (exact) mass is 366 g/mol. The van der Waals surface area contributed by atoms with Crippen LogP contribution in [0, 0.1) is 12.8 Å². The molecule has 3 N–H and O–H groups in total. The molecule has 0 aliphatic carbocycles. The highest BCUT2D eigenvalue weighted by Gasteiger charge is 2.29. The Kier molecular flexibility index (Phi) is 6.19. The van der Waals surface area contributed by atoms with Crippen LogP contribution in [0.15, 0.2) is 42.5 Å². The van der Waals surface area contributed by atoms with E-state index in [1.54, 1.807) is 4.90 Å². The van der Waals surface area contributed by atoms with Gasteiger partial charge in [0.1, 0.15) is 0 Å². The third-order valence-corrected chi connectivity index (χ3v) is 4.91. The highest BCUT2D eigenvalue weighted by Crippen LogP contribution is 2.22. The van der Waals surface area contributed by atoms with Crippen molar-refractivity contribution in [1.29, 1.82) is 0 Å². The van der Waals surface area contributed by atoms with Crippen LogP contribution in [0.5, 0.6) is 0 Å². The third kappa shape index (κ3) is 4.52. The molecule has 2 amide bonds. The van der Waals surface area contributed by atoms with Crippen molar-refractivity contribution in [3.05, 3.63) is 53.7 Å². The third-order valence-electron chi connectivity index (χ3n) is 4.91. The van der Waals surface area contributed by atoms with Crippen LogP contribution >= 0.6 is 0 Å². The molecule has 2 heterocycles. The first kappa shape index (κ1) is 19.0. The molecule has 6 heteroatoms. The average Bonchev–Trinajstić information content (AvgIpc) is 2.72. The highest BCUT2D eigenvalue weighted by atomic mass is 16.2. The molecule has 0 radical (unpaired) electrons. The van der Waals surface area contributed by atoms with Gasteiger partial charge in [0.15, 0.2) is 0 Å². The molecule has 3 rings (SSSR count). The first-order valence-electron chi connectivity index (χ1n) is 9.40. The summed E-state index contributed by atoms with van der Waals surface area (Å²) in [7, 11) is 0. The van der Waals surface area contributed by atoms with Crippen LogP contribution in [0.1, 0.15) is 28.9 Å². The molecule has 0 saturated carbocycles. The van der Waals surface area contributed by atoms with E-state index in [1.807, 2.05) is 49.4 Å². The molecule has 1 aliphatic heterocycles. The second-order valence-electron chi connectivity index (χ2n) is 6.87. The van der Waals surface area contributed by atoms with Gasteiger partial charge in [0.25, 0.3) is 5.91 Å². The van der Waals surface area contributed by atoms with Crippen LogP contribution in [0.25, 0.3) is 11.3 Å². The van der Waals surface area contributed by atoms with E-state index < -0.39 is 0 Å². The first-order chi connectivity index (χ1) is 13.1. The number of benzene rings is 1. The molecular formula is C21H26N4O2. The Bertz CT molecular complexity index is 807. The molecule has 1 aromatic heterocycles. The summed E-state index contributed by atoms with van der Waals surface area (Å²) in [5, 5.41) is 2.82. The lowest BCUT2D eigenvalue weighted by atomic mass is 9.96. The Morgan fingerprint density at radius 3 is 2.70 bits per heavy atom. The second kappa shape index (κ2) is 8.77. The van der Waals surface area contributed by atoms with E-state index in [0.29, 0.717) is 37.4 Å². The zero-order valence-corrected chi connectivity index (χ0v) is 15.6.